The molecule has 2 aromatic carbocycles. The summed E-state index contributed by atoms with van der Waals surface area (Å²) in [4.78, 5) is 27.0. The molecule has 1 N–H and O–H groups in total. The number of anilines is 2. The topological polar surface area (TPSA) is 63.6 Å². The number of nitrogens with zero attached hydrogens (tertiary/aromatic N) is 2. The number of rotatable bonds is 5. The van der Waals surface area contributed by atoms with Gasteiger partial charge in [-0.3, -0.25) is 10.1 Å². The first kappa shape index (κ1) is 19.8. The van der Waals surface area contributed by atoms with Crippen LogP contribution in [0.1, 0.15) is 41.4 Å². The molecule has 0 radical (unpaired) electrons. The molecule has 1 aliphatic rings. The number of fused-ring (bicyclic) bond motifs is 2. The zero-order valence-electron chi connectivity index (χ0n) is 17.0. The number of carbonyl (C=O) groups is 2. The van der Waals surface area contributed by atoms with Crippen LogP contribution in [0.4, 0.5) is 16.2 Å². The molecule has 2 amide bonds. The van der Waals surface area contributed by atoms with Gasteiger partial charge in [0.15, 0.2) is 0 Å². The number of ether oxygens (including phenoxy) is 1. The summed E-state index contributed by atoms with van der Waals surface area (Å²) in [5, 5.41) is 2.69. The molecule has 1 aliphatic heterocycles. The quantitative estimate of drug-likeness (QED) is 0.607. The molecule has 2 heterocycles. The molecule has 0 spiro atoms. The molecule has 6 heteroatoms. The summed E-state index contributed by atoms with van der Waals surface area (Å²) in [5.41, 5.74) is 4.28. The third kappa shape index (κ3) is 4.22. The number of hydrogen-bond acceptors (Lipinski definition) is 3. The van der Waals surface area contributed by atoms with Crippen molar-refractivity contribution in [3.05, 3.63) is 83.7 Å². The number of para-hydroxylation sites is 1. The largest absolute Gasteiger partial charge is 0.449 e. The van der Waals surface area contributed by atoms with Crippen LogP contribution in [-0.2, 0) is 17.8 Å². The Morgan fingerprint density at radius 3 is 2.60 bits per heavy atom. The lowest BCUT2D eigenvalue weighted by Gasteiger charge is -2.23. The predicted octanol–water partition coefficient (Wildman–Crippen LogP) is 5.05. The number of amides is 2. The SMILES string of the molecule is CCCCOC(=O)Nc1ccc(C(=O)N2Cc3cccn3Cc3ccccc32)cc1. The van der Waals surface area contributed by atoms with Gasteiger partial charge in [0.1, 0.15) is 0 Å². The minimum absolute atomic E-state index is 0.0748. The summed E-state index contributed by atoms with van der Waals surface area (Å²) >= 11 is 0. The number of unbranched alkanes of at least 4 members (excludes halogenated alkanes) is 1. The van der Waals surface area contributed by atoms with Crippen LogP contribution < -0.4 is 10.2 Å². The monoisotopic (exact) mass is 403 g/mol. The van der Waals surface area contributed by atoms with Gasteiger partial charge in [-0.05, 0) is 54.4 Å². The van der Waals surface area contributed by atoms with Crippen LogP contribution in [0.15, 0.2) is 66.9 Å². The maximum Gasteiger partial charge on any atom is 0.411 e. The van der Waals surface area contributed by atoms with E-state index in [1.165, 1.54) is 0 Å². The lowest BCUT2D eigenvalue weighted by Crippen LogP contribution is -2.30. The fourth-order valence-electron chi connectivity index (χ4n) is 3.58. The van der Waals surface area contributed by atoms with Gasteiger partial charge in [-0.1, -0.05) is 31.5 Å². The first-order valence-corrected chi connectivity index (χ1v) is 10.2. The zero-order valence-corrected chi connectivity index (χ0v) is 17.0. The Balaban J connectivity index is 1.52. The number of benzene rings is 2. The van der Waals surface area contributed by atoms with Gasteiger partial charge in [-0.15, -0.1) is 0 Å². The molecule has 0 saturated carbocycles. The van der Waals surface area contributed by atoms with E-state index in [-0.39, 0.29) is 5.91 Å². The molecule has 1 aromatic heterocycles. The van der Waals surface area contributed by atoms with E-state index in [1.54, 1.807) is 24.3 Å². The van der Waals surface area contributed by atoms with Crippen molar-refractivity contribution >= 4 is 23.4 Å². The van der Waals surface area contributed by atoms with Gasteiger partial charge in [0.2, 0.25) is 0 Å². The molecular weight excluding hydrogens is 378 g/mol. The summed E-state index contributed by atoms with van der Waals surface area (Å²) in [6, 6.07) is 19.0. The average molecular weight is 403 g/mol. The molecule has 4 rings (SSSR count). The van der Waals surface area contributed by atoms with Crippen LogP contribution in [-0.4, -0.2) is 23.2 Å². The van der Waals surface area contributed by atoms with Gasteiger partial charge in [0, 0.05) is 35.4 Å². The smallest absolute Gasteiger partial charge is 0.411 e. The number of carbonyl (C=O) groups excluding carboxylic acids is 2. The second kappa shape index (κ2) is 8.86. The number of nitrogens with one attached hydrogen (secondary N) is 1. The fraction of sp³-hybridized carbons (Fsp3) is 0.250. The summed E-state index contributed by atoms with van der Waals surface area (Å²) in [6.45, 7) is 3.68. The summed E-state index contributed by atoms with van der Waals surface area (Å²) < 4.78 is 7.28. The van der Waals surface area contributed by atoms with Gasteiger partial charge in [-0.25, -0.2) is 4.79 Å². The molecule has 0 unspecified atom stereocenters. The maximum absolute atomic E-state index is 13.4. The molecule has 0 atom stereocenters. The zero-order chi connectivity index (χ0) is 20.9. The van der Waals surface area contributed by atoms with Gasteiger partial charge in [-0.2, -0.15) is 0 Å². The molecule has 3 aromatic rings. The lowest BCUT2D eigenvalue weighted by molar-refractivity contribution is 0.0985. The fourth-order valence-corrected chi connectivity index (χ4v) is 3.58. The van der Waals surface area contributed by atoms with Crippen LogP contribution in [0.5, 0.6) is 0 Å². The van der Waals surface area contributed by atoms with Crippen molar-refractivity contribution in [2.24, 2.45) is 0 Å². The molecule has 0 bridgehead atoms. The highest BCUT2D eigenvalue weighted by Crippen LogP contribution is 2.29. The van der Waals surface area contributed by atoms with Crippen LogP contribution in [0.25, 0.3) is 0 Å². The summed E-state index contributed by atoms with van der Waals surface area (Å²) in [5.74, 6) is -0.0748. The average Bonchev–Trinajstić information content (AvgIpc) is 3.13. The Bertz CT molecular complexity index is 1040. The van der Waals surface area contributed by atoms with E-state index >= 15 is 0 Å². The van der Waals surface area contributed by atoms with E-state index in [0.29, 0.717) is 24.4 Å². The highest BCUT2D eigenvalue weighted by Gasteiger charge is 2.24. The van der Waals surface area contributed by atoms with Crippen molar-refractivity contribution < 1.29 is 14.3 Å². The van der Waals surface area contributed by atoms with E-state index in [4.69, 9.17) is 4.74 Å². The third-order valence-electron chi connectivity index (χ3n) is 5.22. The Kier molecular flexibility index (Phi) is 5.84. The molecule has 6 nitrogen and oxygen atoms in total. The van der Waals surface area contributed by atoms with E-state index in [1.807, 2.05) is 48.4 Å². The highest BCUT2D eigenvalue weighted by molar-refractivity contribution is 6.06. The van der Waals surface area contributed by atoms with Crippen LogP contribution in [0, 0.1) is 0 Å². The van der Waals surface area contributed by atoms with Crippen LogP contribution >= 0.6 is 0 Å². The Hall–Kier alpha value is -3.54. The normalized spacial score (nSPS) is 12.5. The molecule has 0 saturated heterocycles. The van der Waals surface area contributed by atoms with E-state index in [0.717, 1.165) is 36.3 Å². The molecule has 0 fully saturated rings. The van der Waals surface area contributed by atoms with Crippen molar-refractivity contribution in [2.75, 3.05) is 16.8 Å². The Labute approximate surface area is 176 Å². The third-order valence-corrected chi connectivity index (χ3v) is 5.22. The number of aromatic nitrogens is 1. The number of hydrogen-bond donors (Lipinski definition) is 1. The maximum atomic E-state index is 13.4. The predicted molar refractivity (Wildman–Crippen MR) is 117 cm³/mol. The van der Waals surface area contributed by atoms with Crippen molar-refractivity contribution in [1.29, 1.82) is 0 Å². The molecule has 154 valence electrons. The second-order valence-corrected chi connectivity index (χ2v) is 7.34. The van der Waals surface area contributed by atoms with Crippen molar-refractivity contribution in [3.63, 3.8) is 0 Å². The lowest BCUT2D eigenvalue weighted by atomic mass is 10.1. The van der Waals surface area contributed by atoms with Crippen LogP contribution in [0.2, 0.25) is 0 Å². The first-order chi connectivity index (χ1) is 14.7. The van der Waals surface area contributed by atoms with Gasteiger partial charge in [0.05, 0.1) is 13.2 Å². The summed E-state index contributed by atoms with van der Waals surface area (Å²) in [7, 11) is 0. The highest BCUT2D eigenvalue weighted by atomic mass is 16.5. The van der Waals surface area contributed by atoms with Crippen molar-refractivity contribution in [2.45, 2.75) is 32.9 Å². The first-order valence-electron chi connectivity index (χ1n) is 10.2. The molecule has 0 aliphatic carbocycles. The van der Waals surface area contributed by atoms with E-state index < -0.39 is 6.09 Å². The summed E-state index contributed by atoms with van der Waals surface area (Å²) in [6.07, 6.45) is 3.36. The standard InChI is InChI=1S/C24H25N3O3/c1-2-3-15-30-24(29)25-20-12-10-18(11-13-20)23(28)27-17-21-8-6-14-26(21)16-19-7-4-5-9-22(19)27/h4-14H,2-3,15-17H2,1H3,(H,25,29). The van der Waals surface area contributed by atoms with Crippen molar-refractivity contribution in [3.8, 4) is 0 Å². The van der Waals surface area contributed by atoms with E-state index in [9.17, 15) is 9.59 Å². The Morgan fingerprint density at radius 2 is 1.80 bits per heavy atom. The Morgan fingerprint density at radius 1 is 1.00 bits per heavy atom. The van der Waals surface area contributed by atoms with Gasteiger partial charge in [0.25, 0.3) is 5.91 Å². The minimum atomic E-state index is -0.482. The minimum Gasteiger partial charge on any atom is -0.449 e. The van der Waals surface area contributed by atoms with Gasteiger partial charge < -0.3 is 14.2 Å². The van der Waals surface area contributed by atoms with Crippen LogP contribution in [0.3, 0.4) is 0 Å². The van der Waals surface area contributed by atoms with Gasteiger partial charge >= 0.3 is 6.09 Å². The molecular formula is C24H25N3O3. The van der Waals surface area contributed by atoms with E-state index in [2.05, 4.69) is 16.0 Å². The molecule has 30 heavy (non-hydrogen) atoms. The van der Waals surface area contributed by atoms with Crippen molar-refractivity contribution in [1.82, 2.24) is 4.57 Å². The second-order valence-electron chi connectivity index (χ2n) is 7.34.